The fourth-order valence-electron chi connectivity index (χ4n) is 3.95. The molecule has 1 aliphatic heterocycles. The van der Waals surface area contributed by atoms with Crippen LogP contribution in [-0.4, -0.2) is 49.1 Å². The zero-order valence-electron chi connectivity index (χ0n) is 22.3. The van der Waals surface area contributed by atoms with Crippen molar-refractivity contribution in [1.29, 1.82) is 0 Å². The van der Waals surface area contributed by atoms with Crippen LogP contribution in [-0.2, 0) is 22.6 Å². The lowest BCUT2D eigenvalue weighted by Gasteiger charge is -2.25. The molecule has 0 saturated heterocycles. The molecule has 0 radical (unpaired) electrons. The van der Waals surface area contributed by atoms with Gasteiger partial charge in [-0.1, -0.05) is 6.92 Å². The number of nitrogens with zero attached hydrogens (tertiary/aromatic N) is 2. The normalized spacial score (nSPS) is 13.0. The van der Waals surface area contributed by atoms with E-state index in [1.165, 1.54) is 11.3 Å². The molecule has 200 valence electrons. The third-order valence-electron chi connectivity index (χ3n) is 5.54. The number of fused-ring (bicyclic) bond motifs is 1. The molecule has 1 aliphatic rings. The molecule has 1 aromatic carbocycles. The number of rotatable bonds is 9. The Morgan fingerprint density at radius 2 is 1.84 bits per heavy atom. The highest BCUT2D eigenvalue weighted by atomic mass is 32.1. The number of benzene rings is 1. The molecule has 37 heavy (non-hydrogen) atoms. The molecule has 10 heteroatoms. The van der Waals surface area contributed by atoms with Crippen molar-refractivity contribution in [2.75, 3.05) is 20.8 Å². The molecule has 0 fully saturated rings. The van der Waals surface area contributed by atoms with Crippen LogP contribution in [0.25, 0.3) is 6.08 Å². The van der Waals surface area contributed by atoms with Crippen LogP contribution in [0.3, 0.4) is 0 Å². The summed E-state index contributed by atoms with van der Waals surface area (Å²) < 4.78 is 16.6. The maximum absolute atomic E-state index is 13.7. The van der Waals surface area contributed by atoms with Gasteiger partial charge >= 0.3 is 6.09 Å². The third kappa shape index (κ3) is 7.48. The van der Waals surface area contributed by atoms with Gasteiger partial charge in [-0.05, 0) is 56.8 Å². The molecule has 9 nitrogen and oxygen atoms in total. The Hall–Kier alpha value is -3.53. The van der Waals surface area contributed by atoms with Crippen LogP contribution in [0.1, 0.15) is 56.5 Å². The lowest BCUT2D eigenvalue weighted by molar-refractivity contribution is -0.127. The van der Waals surface area contributed by atoms with E-state index < -0.39 is 11.7 Å². The maximum atomic E-state index is 13.7. The number of amidine groups is 1. The van der Waals surface area contributed by atoms with E-state index >= 15 is 0 Å². The number of carbonyl (C=O) groups excluding carboxylic acids is 2. The van der Waals surface area contributed by atoms with Crippen molar-refractivity contribution in [2.45, 2.75) is 59.2 Å². The first-order valence-corrected chi connectivity index (χ1v) is 13.0. The molecule has 2 aromatic rings. The van der Waals surface area contributed by atoms with Crippen molar-refractivity contribution in [3.63, 3.8) is 0 Å². The first-order valence-electron chi connectivity index (χ1n) is 12.2. The fraction of sp³-hybridized carbons (Fsp3) is 0.444. The quantitative estimate of drug-likeness (QED) is 0.473. The number of methoxy groups -OCH3 is 2. The first-order chi connectivity index (χ1) is 17.5. The summed E-state index contributed by atoms with van der Waals surface area (Å²) in [7, 11) is 3.14. The van der Waals surface area contributed by atoms with Gasteiger partial charge < -0.3 is 30.2 Å². The molecule has 2 heterocycles. The average Bonchev–Trinajstić information content (AvgIpc) is 3.19. The minimum Gasteiger partial charge on any atom is -0.496 e. The molecule has 2 amide bonds. The van der Waals surface area contributed by atoms with Gasteiger partial charge in [-0.25, -0.2) is 9.79 Å². The van der Waals surface area contributed by atoms with Gasteiger partial charge in [-0.2, -0.15) is 0 Å². The molecule has 0 spiro atoms. The minimum atomic E-state index is -0.598. The van der Waals surface area contributed by atoms with E-state index in [1.54, 1.807) is 39.9 Å². The van der Waals surface area contributed by atoms with Gasteiger partial charge in [0.25, 0.3) is 5.91 Å². The second kappa shape index (κ2) is 12.1. The lowest BCUT2D eigenvalue weighted by atomic mass is 10.1. The highest BCUT2D eigenvalue weighted by Gasteiger charge is 2.24. The van der Waals surface area contributed by atoms with Crippen LogP contribution in [0.5, 0.6) is 11.5 Å². The number of carbonyl (C=O) groups is 2. The molecule has 0 unspecified atom stereocenters. The van der Waals surface area contributed by atoms with E-state index in [2.05, 4.69) is 10.3 Å². The van der Waals surface area contributed by atoms with Crippen molar-refractivity contribution < 1.29 is 23.8 Å². The molecule has 3 N–H and O–H groups in total. The van der Waals surface area contributed by atoms with Crippen LogP contribution in [0.4, 0.5) is 10.5 Å². The highest BCUT2D eigenvalue weighted by Crippen LogP contribution is 2.33. The summed E-state index contributed by atoms with van der Waals surface area (Å²) in [5, 5.41) is 4.68. The number of alkyl carbamates (subject to hydrolysis) is 1. The average molecular weight is 529 g/mol. The van der Waals surface area contributed by atoms with Crippen molar-refractivity contribution in [1.82, 2.24) is 10.2 Å². The van der Waals surface area contributed by atoms with E-state index in [0.717, 1.165) is 28.1 Å². The number of ether oxygens (including phenoxy) is 3. The van der Waals surface area contributed by atoms with Crippen LogP contribution in [0, 0.1) is 0 Å². The van der Waals surface area contributed by atoms with E-state index in [4.69, 9.17) is 19.9 Å². The molecule has 3 rings (SSSR count). The number of thiophene rings is 1. The summed E-state index contributed by atoms with van der Waals surface area (Å²) in [5.41, 5.74) is 8.41. The Bertz CT molecular complexity index is 1200. The Morgan fingerprint density at radius 1 is 1.16 bits per heavy atom. The molecule has 0 saturated carbocycles. The van der Waals surface area contributed by atoms with Gasteiger partial charge in [-0.15, -0.1) is 11.3 Å². The molecule has 0 aliphatic carbocycles. The highest BCUT2D eigenvalue weighted by molar-refractivity contribution is 7.11. The van der Waals surface area contributed by atoms with E-state index in [1.807, 2.05) is 36.6 Å². The zero-order valence-corrected chi connectivity index (χ0v) is 23.2. The maximum Gasteiger partial charge on any atom is 0.407 e. The van der Waals surface area contributed by atoms with E-state index in [9.17, 15) is 9.59 Å². The van der Waals surface area contributed by atoms with E-state index in [0.29, 0.717) is 36.0 Å². The SMILES string of the molecule is CCCN(Cc1cc(OC)c(CNC(=O)OC(C)(C)C)cc1OC)C(=O)C1=Cc2sccc2N=C(N)C1. The minimum absolute atomic E-state index is 0.0991. The van der Waals surface area contributed by atoms with Gasteiger partial charge in [0.15, 0.2) is 0 Å². The van der Waals surface area contributed by atoms with Crippen molar-refractivity contribution in [2.24, 2.45) is 10.7 Å². The molecule has 0 atom stereocenters. The standard InChI is InChI=1S/C27H36N4O5S/c1-7-9-31(25(32)17-13-23-20(8-10-37-23)30-24(28)14-17)16-19-12-21(34-5)18(11-22(19)35-6)15-29-26(33)36-27(2,3)4/h8,10-13H,7,9,14-16H2,1-6H3,(H2,28,30)(H,29,33). The van der Waals surface area contributed by atoms with Gasteiger partial charge in [0, 0.05) is 42.8 Å². The van der Waals surface area contributed by atoms with Crippen LogP contribution < -0.4 is 20.5 Å². The van der Waals surface area contributed by atoms with Gasteiger partial charge in [0.1, 0.15) is 22.9 Å². The Kier molecular flexibility index (Phi) is 9.20. The van der Waals surface area contributed by atoms with Gasteiger partial charge in [-0.3, -0.25) is 4.79 Å². The monoisotopic (exact) mass is 528 g/mol. The van der Waals surface area contributed by atoms with Crippen molar-refractivity contribution in [3.05, 3.63) is 45.2 Å². The number of hydrogen-bond donors (Lipinski definition) is 2. The number of amides is 2. The second-order valence-corrected chi connectivity index (χ2v) is 10.6. The summed E-state index contributed by atoms with van der Waals surface area (Å²) in [4.78, 5) is 32.9. The largest absolute Gasteiger partial charge is 0.496 e. The first kappa shape index (κ1) is 28.0. The van der Waals surface area contributed by atoms with Gasteiger partial charge in [0.2, 0.25) is 0 Å². The van der Waals surface area contributed by atoms with Crippen LogP contribution in [0.2, 0.25) is 0 Å². The van der Waals surface area contributed by atoms with E-state index in [-0.39, 0.29) is 18.9 Å². The number of nitrogens with two attached hydrogens (primary N) is 1. The Morgan fingerprint density at radius 3 is 2.49 bits per heavy atom. The predicted molar refractivity (Wildman–Crippen MR) is 147 cm³/mol. The summed E-state index contributed by atoms with van der Waals surface area (Å²) >= 11 is 1.53. The smallest absolute Gasteiger partial charge is 0.407 e. The summed E-state index contributed by atoms with van der Waals surface area (Å²) in [6, 6.07) is 5.56. The van der Waals surface area contributed by atoms with Crippen molar-refractivity contribution in [3.8, 4) is 11.5 Å². The number of aliphatic imine (C=N–C) groups is 1. The summed E-state index contributed by atoms with van der Waals surface area (Å²) in [6.07, 6.45) is 2.43. The fourth-order valence-corrected chi connectivity index (χ4v) is 4.74. The van der Waals surface area contributed by atoms with Crippen molar-refractivity contribution >= 4 is 40.9 Å². The Labute approximate surface area is 222 Å². The molecule has 1 aromatic heterocycles. The van der Waals surface area contributed by atoms with Crippen LogP contribution >= 0.6 is 11.3 Å². The third-order valence-corrected chi connectivity index (χ3v) is 6.39. The number of hydrogen-bond acceptors (Lipinski definition) is 8. The van der Waals surface area contributed by atoms with Gasteiger partial charge in [0.05, 0.1) is 24.8 Å². The number of nitrogens with one attached hydrogen (secondary N) is 1. The molecular weight excluding hydrogens is 492 g/mol. The predicted octanol–water partition coefficient (Wildman–Crippen LogP) is 5.00. The summed E-state index contributed by atoms with van der Waals surface area (Å²) in [6.45, 7) is 8.51. The Balaban J connectivity index is 1.85. The molecule has 0 bridgehead atoms. The summed E-state index contributed by atoms with van der Waals surface area (Å²) in [5.74, 6) is 1.48. The second-order valence-electron chi connectivity index (χ2n) is 9.68. The van der Waals surface area contributed by atoms with Crippen LogP contribution in [0.15, 0.2) is 34.1 Å². The zero-order chi connectivity index (χ0) is 27.2. The lowest BCUT2D eigenvalue weighted by Crippen LogP contribution is -2.33. The topological polar surface area (TPSA) is 115 Å². The molecular formula is C27H36N4O5S.